The Morgan fingerprint density at radius 1 is 1.31 bits per heavy atom. The van der Waals surface area contributed by atoms with Gasteiger partial charge in [0.05, 0.1) is 45.6 Å². The molecule has 0 spiro atoms. The molecule has 0 radical (unpaired) electrons. The molecule has 2 aliphatic rings. The summed E-state index contributed by atoms with van der Waals surface area (Å²) in [6.45, 7) is 5.28. The van der Waals surface area contributed by atoms with Gasteiger partial charge in [-0.2, -0.15) is 15.6 Å². The van der Waals surface area contributed by atoms with Crippen LogP contribution < -0.4 is 0 Å². The first-order valence-corrected chi connectivity index (χ1v) is 9.92. The Balaban J connectivity index is 1.92. The normalized spacial score (nSPS) is 20.5. The van der Waals surface area contributed by atoms with E-state index >= 15 is 0 Å². The summed E-state index contributed by atoms with van der Waals surface area (Å²) in [4.78, 5) is 3.33. The summed E-state index contributed by atoms with van der Waals surface area (Å²) in [6.07, 6.45) is 5.82. The fourth-order valence-corrected chi connectivity index (χ4v) is 5.20. The molecule has 2 aromatic heterocycles. The van der Waals surface area contributed by atoms with E-state index in [9.17, 15) is 10.5 Å². The summed E-state index contributed by atoms with van der Waals surface area (Å²) in [6, 6.07) is 6.99. The number of aromatic nitrogens is 2. The summed E-state index contributed by atoms with van der Waals surface area (Å²) < 4.78 is 1.07. The molecule has 26 heavy (non-hydrogen) atoms. The maximum Gasteiger partial charge on any atom is 0.0976 e. The molecule has 1 saturated heterocycles. The number of thiophene rings is 1. The van der Waals surface area contributed by atoms with E-state index in [0.29, 0.717) is 5.92 Å². The van der Waals surface area contributed by atoms with E-state index in [1.807, 2.05) is 6.20 Å². The predicted molar refractivity (Wildman–Crippen MR) is 102 cm³/mol. The molecular weight excluding hydrogens is 342 g/mol. The van der Waals surface area contributed by atoms with Gasteiger partial charge in [-0.25, -0.2) is 0 Å². The van der Waals surface area contributed by atoms with Crippen LogP contribution in [0.4, 0.5) is 0 Å². The largest absolute Gasteiger partial charge is 0.347 e. The van der Waals surface area contributed by atoms with Crippen LogP contribution in [0.25, 0.3) is 10.2 Å². The molecule has 1 atom stereocenters. The number of piperidine rings is 1. The minimum atomic E-state index is -0.242. The van der Waals surface area contributed by atoms with Crippen LogP contribution >= 0.6 is 11.3 Å². The van der Waals surface area contributed by atoms with E-state index in [1.165, 1.54) is 0 Å². The van der Waals surface area contributed by atoms with Gasteiger partial charge in [0, 0.05) is 22.8 Å². The van der Waals surface area contributed by atoms with Crippen LogP contribution in [0.3, 0.4) is 0 Å². The molecular formula is C20H21N5S. The molecule has 0 bridgehead atoms. The van der Waals surface area contributed by atoms with Crippen molar-refractivity contribution < 1.29 is 0 Å². The van der Waals surface area contributed by atoms with E-state index < -0.39 is 0 Å². The summed E-state index contributed by atoms with van der Waals surface area (Å²) in [5.41, 5.74) is 4.73. The second-order valence-corrected chi connectivity index (χ2v) is 8.50. The molecule has 0 aliphatic carbocycles. The zero-order chi connectivity index (χ0) is 18.3. The van der Waals surface area contributed by atoms with Gasteiger partial charge in [0.1, 0.15) is 0 Å². The van der Waals surface area contributed by atoms with Crippen LogP contribution in [0.5, 0.6) is 0 Å². The van der Waals surface area contributed by atoms with Gasteiger partial charge in [0.25, 0.3) is 0 Å². The monoisotopic (exact) mass is 363 g/mol. The maximum absolute atomic E-state index is 10.1. The quantitative estimate of drug-likeness (QED) is 0.849. The van der Waals surface area contributed by atoms with E-state index in [0.717, 1.165) is 69.9 Å². The molecule has 132 valence electrons. The molecule has 2 aliphatic heterocycles. The van der Waals surface area contributed by atoms with Crippen molar-refractivity contribution in [3.8, 4) is 12.1 Å². The number of aromatic amines is 1. The van der Waals surface area contributed by atoms with Crippen LogP contribution in [0.15, 0.2) is 34.8 Å². The van der Waals surface area contributed by atoms with Gasteiger partial charge in [-0.05, 0) is 37.7 Å². The Bertz CT molecular complexity index is 963. The molecule has 6 heteroatoms. The number of allylic oxidation sites excluding steroid dienone is 4. The van der Waals surface area contributed by atoms with E-state index in [2.05, 4.69) is 47.1 Å². The van der Waals surface area contributed by atoms with Gasteiger partial charge in [-0.15, -0.1) is 11.3 Å². The standard InChI is InChI=1S/C20H21N5S/c1-12(2)7-17-14(10-22)20(18-8-15-19(26-18)11-23-24-15)13(9-21)16-5-3-4-6-25(16)17/h8,11-12,20H,3-7H2,1-2H3,(H,23,24). The van der Waals surface area contributed by atoms with E-state index in [1.54, 1.807) is 11.3 Å². The van der Waals surface area contributed by atoms with Crippen molar-refractivity contribution in [2.75, 3.05) is 6.54 Å². The van der Waals surface area contributed by atoms with Crippen LogP contribution in [0.1, 0.15) is 50.3 Å². The van der Waals surface area contributed by atoms with Crippen LogP contribution in [0, 0.1) is 28.6 Å². The Kier molecular flexibility index (Phi) is 4.30. The lowest BCUT2D eigenvalue weighted by molar-refractivity contribution is 0.316. The maximum atomic E-state index is 10.1. The number of hydrogen-bond acceptors (Lipinski definition) is 5. The van der Waals surface area contributed by atoms with Crippen molar-refractivity contribution >= 4 is 21.6 Å². The second-order valence-electron chi connectivity index (χ2n) is 7.38. The third kappa shape index (κ3) is 2.62. The van der Waals surface area contributed by atoms with Crippen molar-refractivity contribution in [1.29, 1.82) is 10.5 Å². The van der Waals surface area contributed by atoms with E-state index in [4.69, 9.17) is 0 Å². The SMILES string of the molecule is CC(C)CC1=C(C#N)C(c2cc3[nH]ncc3s2)C(C#N)=C2CCCCN21. The lowest BCUT2D eigenvalue weighted by Gasteiger charge is -2.41. The third-order valence-corrected chi connectivity index (χ3v) is 6.30. The average molecular weight is 363 g/mol. The molecule has 2 aromatic rings. The first-order valence-electron chi connectivity index (χ1n) is 9.10. The van der Waals surface area contributed by atoms with Gasteiger partial charge < -0.3 is 4.90 Å². The summed E-state index contributed by atoms with van der Waals surface area (Å²) >= 11 is 1.63. The first kappa shape index (κ1) is 16.9. The van der Waals surface area contributed by atoms with Gasteiger partial charge in [0.2, 0.25) is 0 Å². The lowest BCUT2D eigenvalue weighted by atomic mass is 9.80. The second kappa shape index (κ2) is 6.63. The Morgan fingerprint density at radius 3 is 2.81 bits per heavy atom. The number of fused-ring (bicyclic) bond motifs is 2. The smallest absolute Gasteiger partial charge is 0.0976 e. The highest BCUT2D eigenvalue weighted by atomic mass is 32.1. The van der Waals surface area contributed by atoms with Crippen molar-refractivity contribution in [3.05, 3.63) is 39.7 Å². The summed E-state index contributed by atoms with van der Waals surface area (Å²) in [7, 11) is 0. The molecule has 5 nitrogen and oxygen atoms in total. The number of rotatable bonds is 3. The fraction of sp³-hybridized carbons (Fsp3) is 0.450. The van der Waals surface area contributed by atoms with Crippen molar-refractivity contribution in [2.24, 2.45) is 5.92 Å². The first-order chi connectivity index (χ1) is 12.6. The van der Waals surface area contributed by atoms with Crippen molar-refractivity contribution in [2.45, 2.75) is 45.4 Å². The molecule has 0 amide bonds. The number of H-pyrrole nitrogens is 1. The van der Waals surface area contributed by atoms with Crippen molar-refractivity contribution in [1.82, 2.24) is 15.1 Å². The number of nitrogens with one attached hydrogen (secondary N) is 1. The average Bonchev–Trinajstić information content (AvgIpc) is 3.22. The number of hydrogen-bond donors (Lipinski definition) is 1. The Labute approximate surface area is 157 Å². The third-order valence-electron chi connectivity index (χ3n) is 5.17. The van der Waals surface area contributed by atoms with Gasteiger partial charge in [-0.3, -0.25) is 5.10 Å². The molecule has 1 fully saturated rings. The number of nitrogens with zero attached hydrogens (tertiary/aromatic N) is 4. The van der Waals surface area contributed by atoms with Crippen LogP contribution in [-0.2, 0) is 0 Å². The highest BCUT2D eigenvalue weighted by Gasteiger charge is 2.38. The minimum absolute atomic E-state index is 0.242. The van der Waals surface area contributed by atoms with Crippen molar-refractivity contribution in [3.63, 3.8) is 0 Å². The van der Waals surface area contributed by atoms with E-state index in [-0.39, 0.29) is 5.92 Å². The van der Waals surface area contributed by atoms with Gasteiger partial charge in [-0.1, -0.05) is 13.8 Å². The Hall–Kier alpha value is -2.57. The molecule has 0 saturated carbocycles. The summed E-state index contributed by atoms with van der Waals surface area (Å²) in [5.74, 6) is 0.219. The Morgan fingerprint density at radius 2 is 2.12 bits per heavy atom. The molecule has 1 N–H and O–H groups in total. The van der Waals surface area contributed by atoms with Gasteiger partial charge in [0.15, 0.2) is 0 Å². The molecule has 4 heterocycles. The predicted octanol–water partition coefficient (Wildman–Crippen LogP) is 4.81. The van der Waals surface area contributed by atoms with Crippen LogP contribution in [-0.4, -0.2) is 21.6 Å². The molecule has 1 unspecified atom stereocenters. The lowest BCUT2D eigenvalue weighted by Crippen LogP contribution is -2.35. The zero-order valence-corrected chi connectivity index (χ0v) is 15.9. The highest BCUT2D eigenvalue weighted by Crippen LogP contribution is 2.47. The van der Waals surface area contributed by atoms with Crippen LogP contribution in [0.2, 0.25) is 0 Å². The highest BCUT2D eigenvalue weighted by molar-refractivity contribution is 7.19. The molecule has 0 aromatic carbocycles. The zero-order valence-electron chi connectivity index (χ0n) is 15.0. The molecule has 4 rings (SSSR count). The van der Waals surface area contributed by atoms with Gasteiger partial charge >= 0.3 is 0 Å². The number of nitriles is 2. The minimum Gasteiger partial charge on any atom is -0.347 e. The summed E-state index contributed by atoms with van der Waals surface area (Å²) in [5, 5.41) is 27.1. The topological polar surface area (TPSA) is 79.5 Å². The fourth-order valence-electron chi connectivity index (χ4n) is 4.09.